The number of nitrogen functional groups attached to an aromatic ring is 1. The van der Waals surface area contributed by atoms with E-state index in [1.165, 1.54) is 18.2 Å². The number of carbonyl (C=O) groups excluding carboxylic acids is 1. The molecule has 1 aromatic carbocycles. The monoisotopic (exact) mass is 265 g/mol. The van der Waals surface area contributed by atoms with Gasteiger partial charge >= 0.3 is 0 Å². The molecular weight excluding hydrogens is 250 g/mol. The van der Waals surface area contributed by atoms with Crippen LogP contribution in [0.15, 0.2) is 18.2 Å². The highest BCUT2D eigenvalue weighted by molar-refractivity contribution is 5.96. The second-order valence-electron chi connectivity index (χ2n) is 4.85. The van der Waals surface area contributed by atoms with Crippen LogP contribution >= 0.6 is 0 Å². The first kappa shape index (κ1) is 13.3. The van der Waals surface area contributed by atoms with Crippen LogP contribution in [0.4, 0.5) is 11.4 Å². The molecule has 0 radical (unpaired) electrons. The Bertz CT molecular complexity index is 524. The number of nitrogens with zero attached hydrogens (tertiary/aromatic N) is 1. The minimum Gasteiger partial charge on any atom is -0.393 e. The molecule has 1 amide bonds. The maximum absolute atomic E-state index is 12.1. The third-order valence-electron chi connectivity index (χ3n) is 3.12. The molecule has 0 aliphatic carbocycles. The number of nitro benzene ring substituents is 1. The number of nitrogens with one attached hydrogen (secondary N) is 1. The molecule has 3 N–H and O–H groups in total. The Morgan fingerprint density at radius 1 is 1.58 bits per heavy atom. The topological polar surface area (TPSA) is 107 Å². The van der Waals surface area contributed by atoms with Crippen molar-refractivity contribution in [1.82, 2.24) is 5.32 Å². The predicted molar refractivity (Wildman–Crippen MR) is 68.8 cm³/mol. The number of ether oxygens (including phenoxy) is 1. The highest BCUT2D eigenvalue weighted by Crippen LogP contribution is 2.23. The van der Waals surface area contributed by atoms with Gasteiger partial charge in [0.25, 0.3) is 11.6 Å². The van der Waals surface area contributed by atoms with Crippen molar-refractivity contribution < 1.29 is 14.5 Å². The Hall–Kier alpha value is -2.15. The first-order chi connectivity index (χ1) is 8.91. The molecule has 1 saturated heterocycles. The number of hydrogen-bond donors (Lipinski definition) is 2. The van der Waals surface area contributed by atoms with Crippen molar-refractivity contribution >= 4 is 17.3 Å². The number of carbonyl (C=O) groups is 1. The van der Waals surface area contributed by atoms with E-state index in [0.29, 0.717) is 13.2 Å². The highest BCUT2D eigenvalue weighted by atomic mass is 16.6. The number of nitrogens with two attached hydrogens (primary N) is 1. The Kier molecular flexibility index (Phi) is 3.39. The molecule has 7 heteroatoms. The summed E-state index contributed by atoms with van der Waals surface area (Å²) in [5.41, 5.74) is 5.06. The standard InChI is InChI=1S/C12H15N3O4/c1-12(4-5-19-7-12)14-11(16)8-2-3-9(13)10(6-8)15(17)18/h2-3,6H,4-5,7,13H2,1H3,(H,14,16). The van der Waals surface area contributed by atoms with Crippen LogP contribution in [-0.4, -0.2) is 29.6 Å². The molecule has 1 heterocycles. The van der Waals surface area contributed by atoms with Crippen LogP contribution in [0.25, 0.3) is 0 Å². The van der Waals surface area contributed by atoms with Gasteiger partial charge in [0.1, 0.15) is 5.69 Å². The van der Waals surface area contributed by atoms with Gasteiger partial charge in [0, 0.05) is 18.2 Å². The molecule has 1 aliphatic rings. The minimum atomic E-state index is -0.605. The summed E-state index contributed by atoms with van der Waals surface area (Å²) in [7, 11) is 0. The van der Waals surface area contributed by atoms with Crippen LogP contribution in [0.1, 0.15) is 23.7 Å². The van der Waals surface area contributed by atoms with Gasteiger partial charge in [-0.05, 0) is 25.5 Å². The molecule has 0 spiro atoms. The first-order valence-corrected chi connectivity index (χ1v) is 5.85. The molecule has 1 atom stereocenters. The second-order valence-corrected chi connectivity index (χ2v) is 4.85. The molecule has 0 saturated carbocycles. The summed E-state index contributed by atoms with van der Waals surface area (Å²) in [4.78, 5) is 22.2. The lowest BCUT2D eigenvalue weighted by Crippen LogP contribution is -2.46. The van der Waals surface area contributed by atoms with Crippen LogP contribution in [0.5, 0.6) is 0 Å². The lowest BCUT2D eigenvalue weighted by atomic mass is 10.0. The van der Waals surface area contributed by atoms with Gasteiger partial charge in [-0.15, -0.1) is 0 Å². The van der Waals surface area contributed by atoms with Crippen molar-refractivity contribution in [3.8, 4) is 0 Å². The van der Waals surface area contributed by atoms with Gasteiger partial charge in [-0.1, -0.05) is 0 Å². The van der Waals surface area contributed by atoms with Gasteiger partial charge in [-0.2, -0.15) is 0 Å². The first-order valence-electron chi connectivity index (χ1n) is 5.85. The Morgan fingerprint density at radius 2 is 2.32 bits per heavy atom. The van der Waals surface area contributed by atoms with E-state index in [9.17, 15) is 14.9 Å². The Morgan fingerprint density at radius 3 is 2.89 bits per heavy atom. The second kappa shape index (κ2) is 4.85. The van der Waals surface area contributed by atoms with E-state index in [-0.39, 0.29) is 22.8 Å². The van der Waals surface area contributed by atoms with Crippen LogP contribution < -0.4 is 11.1 Å². The zero-order valence-corrected chi connectivity index (χ0v) is 10.5. The fraction of sp³-hybridized carbons (Fsp3) is 0.417. The van der Waals surface area contributed by atoms with Crippen LogP contribution in [0, 0.1) is 10.1 Å². The van der Waals surface area contributed by atoms with Gasteiger partial charge in [0.2, 0.25) is 0 Å². The maximum Gasteiger partial charge on any atom is 0.292 e. The molecule has 102 valence electrons. The van der Waals surface area contributed by atoms with Crippen molar-refractivity contribution in [2.24, 2.45) is 0 Å². The number of amides is 1. The van der Waals surface area contributed by atoms with E-state index in [0.717, 1.165) is 6.42 Å². The number of nitro groups is 1. The fourth-order valence-electron chi connectivity index (χ4n) is 1.95. The predicted octanol–water partition coefficient (Wildman–Crippen LogP) is 1.09. The van der Waals surface area contributed by atoms with E-state index in [4.69, 9.17) is 10.5 Å². The van der Waals surface area contributed by atoms with Crippen molar-refractivity contribution in [2.75, 3.05) is 18.9 Å². The van der Waals surface area contributed by atoms with Crippen LogP contribution in [0.2, 0.25) is 0 Å². The summed E-state index contributed by atoms with van der Waals surface area (Å²) < 4.78 is 5.23. The average Bonchev–Trinajstić information content (AvgIpc) is 2.75. The molecule has 1 aliphatic heterocycles. The summed E-state index contributed by atoms with van der Waals surface area (Å²) in [5, 5.41) is 13.6. The van der Waals surface area contributed by atoms with Gasteiger partial charge in [0.05, 0.1) is 17.1 Å². The molecule has 0 aromatic heterocycles. The molecule has 7 nitrogen and oxygen atoms in total. The van der Waals surface area contributed by atoms with Crippen molar-refractivity contribution in [3.63, 3.8) is 0 Å². The largest absolute Gasteiger partial charge is 0.393 e. The summed E-state index contributed by atoms with van der Waals surface area (Å²) in [6.45, 7) is 2.91. The third kappa shape index (κ3) is 2.82. The van der Waals surface area contributed by atoms with Crippen molar-refractivity contribution in [1.29, 1.82) is 0 Å². The quantitative estimate of drug-likeness (QED) is 0.483. The molecule has 19 heavy (non-hydrogen) atoms. The van der Waals surface area contributed by atoms with Gasteiger partial charge in [-0.3, -0.25) is 14.9 Å². The van der Waals surface area contributed by atoms with E-state index >= 15 is 0 Å². The number of benzene rings is 1. The smallest absolute Gasteiger partial charge is 0.292 e. The van der Waals surface area contributed by atoms with Crippen molar-refractivity contribution in [2.45, 2.75) is 18.9 Å². The molecule has 2 rings (SSSR count). The Balaban J connectivity index is 2.19. The van der Waals surface area contributed by atoms with Gasteiger partial charge in [0.15, 0.2) is 0 Å². The number of rotatable bonds is 3. The normalized spacial score (nSPS) is 22.2. The number of hydrogen-bond acceptors (Lipinski definition) is 5. The minimum absolute atomic E-state index is 0.0389. The third-order valence-corrected chi connectivity index (χ3v) is 3.12. The summed E-state index contributed by atoms with van der Waals surface area (Å²) in [6.07, 6.45) is 0.718. The maximum atomic E-state index is 12.1. The summed E-state index contributed by atoms with van der Waals surface area (Å²) in [5.74, 6) is -0.365. The van der Waals surface area contributed by atoms with E-state index in [1.807, 2.05) is 6.92 Å². The molecular formula is C12H15N3O4. The molecule has 0 bridgehead atoms. The van der Waals surface area contributed by atoms with Crippen LogP contribution in [0.3, 0.4) is 0 Å². The lowest BCUT2D eigenvalue weighted by molar-refractivity contribution is -0.383. The van der Waals surface area contributed by atoms with Gasteiger partial charge < -0.3 is 15.8 Å². The fourth-order valence-corrected chi connectivity index (χ4v) is 1.95. The molecule has 1 fully saturated rings. The molecule has 1 unspecified atom stereocenters. The number of anilines is 1. The average molecular weight is 265 g/mol. The Labute approximate surface area is 109 Å². The van der Waals surface area contributed by atoms with E-state index in [1.54, 1.807) is 0 Å². The van der Waals surface area contributed by atoms with Crippen molar-refractivity contribution in [3.05, 3.63) is 33.9 Å². The highest BCUT2D eigenvalue weighted by Gasteiger charge is 2.31. The van der Waals surface area contributed by atoms with E-state index in [2.05, 4.69) is 5.32 Å². The lowest BCUT2D eigenvalue weighted by Gasteiger charge is -2.23. The molecule has 1 aromatic rings. The summed E-state index contributed by atoms with van der Waals surface area (Å²) in [6, 6.07) is 4.02. The zero-order chi connectivity index (χ0) is 14.0. The SMILES string of the molecule is CC1(NC(=O)c2ccc(N)c([N+](=O)[O-])c2)CCOC1. The van der Waals surface area contributed by atoms with Gasteiger partial charge in [-0.25, -0.2) is 0 Å². The zero-order valence-electron chi connectivity index (χ0n) is 10.5. The summed E-state index contributed by atoms with van der Waals surface area (Å²) >= 11 is 0. The van der Waals surface area contributed by atoms with Crippen LogP contribution in [-0.2, 0) is 4.74 Å². The van der Waals surface area contributed by atoms with E-state index < -0.39 is 10.5 Å².